The summed E-state index contributed by atoms with van der Waals surface area (Å²) in [6.45, 7) is 10.7. The highest BCUT2D eigenvalue weighted by Gasteiger charge is 2.57. The van der Waals surface area contributed by atoms with Crippen molar-refractivity contribution in [2.75, 3.05) is 13.7 Å². The third-order valence-corrected chi connectivity index (χ3v) is 8.93. The maximum absolute atomic E-state index is 12.8. The molecule has 35 heavy (non-hydrogen) atoms. The number of rotatable bonds is 9. The summed E-state index contributed by atoms with van der Waals surface area (Å²) in [4.78, 5) is 12.8. The van der Waals surface area contributed by atoms with Crippen LogP contribution < -0.4 is 5.32 Å². The lowest BCUT2D eigenvalue weighted by Crippen LogP contribution is -2.53. The van der Waals surface area contributed by atoms with E-state index in [4.69, 9.17) is 9.15 Å². The van der Waals surface area contributed by atoms with Gasteiger partial charge in [0.15, 0.2) is 0 Å². The Morgan fingerprint density at radius 1 is 1.17 bits per heavy atom. The fourth-order valence-electron chi connectivity index (χ4n) is 7.08. The lowest BCUT2D eigenvalue weighted by molar-refractivity contribution is -0.168. The molecule has 0 spiro atoms. The molecule has 1 heterocycles. The average Bonchev–Trinajstić information content (AvgIpc) is 3.28. The van der Waals surface area contributed by atoms with Crippen LogP contribution in [0.1, 0.15) is 69.3 Å². The van der Waals surface area contributed by atoms with Crippen LogP contribution in [0.2, 0.25) is 0 Å². The third-order valence-electron chi connectivity index (χ3n) is 8.93. The van der Waals surface area contributed by atoms with E-state index in [-0.39, 0.29) is 29.2 Å². The van der Waals surface area contributed by atoms with Crippen molar-refractivity contribution in [1.82, 2.24) is 5.32 Å². The molecule has 4 rings (SSSR count). The standard InChI is InChI=1S/C30H41NO3.ClH/c1-22-11-14-27-29(2,17-8-18-30(27,3)28(32)33-4)25(22)13-12-24-16-20-34-26(24)21-31-19-15-23-9-6-5-7-10-23;/h5-7,9-10,16,20,25,27,31H,1,8,11-15,17-19,21H2,2-4H3;1H/t25-,27?,29+,30?;/m0./s1. The number of halogens is 1. The molecule has 2 unspecified atom stereocenters. The van der Waals surface area contributed by atoms with Gasteiger partial charge in [0.25, 0.3) is 0 Å². The van der Waals surface area contributed by atoms with E-state index in [1.165, 1.54) is 23.8 Å². The van der Waals surface area contributed by atoms with E-state index in [1.54, 1.807) is 0 Å². The maximum atomic E-state index is 12.8. The number of carbonyl (C=O) groups is 1. The molecule has 192 valence electrons. The Labute approximate surface area is 217 Å². The van der Waals surface area contributed by atoms with E-state index < -0.39 is 0 Å². The van der Waals surface area contributed by atoms with Crippen LogP contribution in [-0.2, 0) is 28.9 Å². The van der Waals surface area contributed by atoms with Gasteiger partial charge >= 0.3 is 5.97 Å². The first-order chi connectivity index (χ1) is 16.4. The molecule has 2 aromatic rings. The maximum Gasteiger partial charge on any atom is 0.311 e. The van der Waals surface area contributed by atoms with Gasteiger partial charge in [-0.3, -0.25) is 4.79 Å². The van der Waals surface area contributed by atoms with Gasteiger partial charge in [-0.2, -0.15) is 0 Å². The number of carbonyl (C=O) groups excluding carboxylic acids is 1. The largest absolute Gasteiger partial charge is 0.469 e. The molecular weight excluding hydrogens is 458 g/mol. The molecule has 2 saturated carbocycles. The summed E-state index contributed by atoms with van der Waals surface area (Å²) in [5, 5.41) is 3.54. The predicted molar refractivity (Wildman–Crippen MR) is 144 cm³/mol. The second-order valence-corrected chi connectivity index (χ2v) is 10.9. The molecule has 0 aliphatic heterocycles. The van der Waals surface area contributed by atoms with E-state index in [0.717, 1.165) is 70.2 Å². The number of methoxy groups -OCH3 is 1. The second kappa shape index (κ2) is 11.8. The zero-order valence-corrected chi connectivity index (χ0v) is 22.4. The van der Waals surface area contributed by atoms with Gasteiger partial charge in [-0.25, -0.2) is 0 Å². The van der Waals surface area contributed by atoms with Crippen LogP contribution in [0.3, 0.4) is 0 Å². The highest BCUT2D eigenvalue weighted by atomic mass is 35.5. The zero-order valence-electron chi connectivity index (χ0n) is 21.6. The Hall–Kier alpha value is -2.04. The normalized spacial score (nSPS) is 28.1. The fraction of sp³-hybridized carbons (Fsp3) is 0.567. The van der Waals surface area contributed by atoms with Crippen molar-refractivity contribution in [2.24, 2.45) is 22.7 Å². The first kappa shape index (κ1) is 27.5. The van der Waals surface area contributed by atoms with Gasteiger partial charge in [0, 0.05) is 0 Å². The van der Waals surface area contributed by atoms with Crippen molar-refractivity contribution in [3.63, 3.8) is 0 Å². The van der Waals surface area contributed by atoms with Gasteiger partial charge in [0.05, 0.1) is 25.3 Å². The molecule has 2 aliphatic rings. The van der Waals surface area contributed by atoms with E-state index >= 15 is 0 Å². The summed E-state index contributed by atoms with van der Waals surface area (Å²) in [5.74, 6) is 1.78. The van der Waals surface area contributed by atoms with Crippen molar-refractivity contribution in [3.8, 4) is 0 Å². The lowest BCUT2D eigenvalue weighted by Gasteiger charge is -2.57. The molecule has 4 nitrogen and oxygen atoms in total. The van der Waals surface area contributed by atoms with Crippen LogP contribution in [0.5, 0.6) is 0 Å². The number of ether oxygens (including phenoxy) is 1. The Morgan fingerprint density at radius 2 is 1.94 bits per heavy atom. The van der Waals surface area contributed by atoms with Crippen LogP contribution >= 0.6 is 12.4 Å². The first-order valence-electron chi connectivity index (χ1n) is 12.9. The summed E-state index contributed by atoms with van der Waals surface area (Å²) in [7, 11) is 1.53. The Kier molecular flexibility index (Phi) is 9.28. The number of allylic oxidation sites excluding steroid dienone is 1. The number of benzene rings is 1. The van der Waals surface area contributed by atoms with E-state index in [9.17, 15) is 4.79 Å². The Bertz CT molecular complexity index is 986. The summed E-state index contributed by atoms with van der Waals surface area (Å²) >= 11 is 0. The first-order valence-corrected chi connectivity index (χ1v) is 12.9. The molecular formula is C30H42ClNO3. The summed E-state index contributed by atoms with van der Waals surface area (Å²) in [6.07, 6.45) is 10.1. The van der Waals surface area contributed by atoms with Gasteiger partial charge in [0.1, 0.15) is 5.76 Å². The molecule has 0 amide bonds. The van der Waals surface area contributed by atoms with Gasteiger partial charge in [-0.15, -0.1) is 12.4 Å². The minimum Gasteiger partial charge on any atom is -0.469 e. The molecule has 2 aliphatic carbocycles. The third kappa shape index (κ3) is 5.70. The molecule has 2 fully saturated rings. The molecule has 5 heteroatoms. The SMILES string of the molecule is C=C1CCC2C(C)(C(=O)OC)CCC[C@]2(C)[C@H]1CCc1ccoc1CNCCc1ccccc1.Cl. The summed E-state index contributed by atoms with van der Waals surface area (Å²) in [5.41, 5.74) is 3.70. The minimum absolute atomic E-state index is 0. The van der Waals surface area contributed by atoms with Gasteiger partial charge in [-0.1, -0.05) is 55.8 Å². The van der Waals surface area contributed by atoms with E-state index in [1.807, 2.05) is 6.26 Å². The molecule has 1 N–H and O–H groups in total. The zero-order chi connectivity index (χ0) is 24.2. The van der Waals surface area contributed by atoms with Gasteiger partial charge in [0.2, 0.25) is 0 Å². The minimum atomic E-state index is -0.385. The molecule has 4 atom stereocenters. The number of fused-ring (bicyclic) bond motifs is 1. The van der Waals surface area contributed by atoms with Crippen LogP contribution in [-0.4, -0.2) is 19.6 Å². The summed E-state index contributed by atoms with van der Waals surface area (Å²) in [6, 6.07) is 12.7. The summed E-state index contributed by atoms with van der Waals surface area (Å²) < 4.78 is 11.1. The average molecular weight is 500 g/mol. The molecule has 1 aromatic heterocycles. The van der Waals surface area contributed by atoms with Crippen LogP contribution in [0.25, 0.3) is 0 Å². The van der Waals surface area contributed by atoms with Crippen LogP contribution in [0.4, 0.5) is 0 Å². The van der Waals surface area contributed by atoms with Crippen molar-refractivity contribution in [1.29, 1.82) is 0 Å². The van der Waals surface area contributed by atoms with Crippen molar-refractivity contribution in [2.45, 2.75) is 71.8 Å². The second-order valence-electron chi connectivity index (χ2n) is 10.9. The van der Waals surface area contributed by atoms with E-state index in [0.29, 0.717) is 11.8 Å². The Morgan fingerprint density at radius 3 is 2.69 bits per heavy atom. The Balaban J connectivity index is 0.00000342. The fourth-order valence-corrected chi connectivity index (χ4v) is 7.08. The monoisotopic (exact) mass is 499 g/mol. The lowest BCUT2D eigenvalue weighted by atomic mass is 9.46. The number of nitrogens with one attached hydrogen (secondary N) is 1. The van der Waals surface area contributed by atoms with E-state index in [2.05, 4.69) is 62.1 Å². The van der Waals surface area contributed by atoms with Crippen molar-refractivity contribution in [3.05, 3.63) is 71.7 Å². The molecule has 0 bridgehead atoms. The number of furan rings is 1. The highest BCUT2D eigenvalue weighted by molar-refractivity contribution is 5.85. The number of esters is 1. The predicted octanol–water partition coefficient (Wildman–Crippen LogP) is 6.92. The van der Waals surface area contributed by atoms with Gasteiger partial charge in [-0.05, 0) is 92.9 Å². The van der Waals surface area contributed by atoms with Crippen molar-refractivity contribution >= 4 is 18.4 Å². The molecule has 1 aromatic carbocycles. The quantitative estimate of drug-likeness (QED) is 0.231. The van der Waals surface area contributed by atoms with Gasteiger partial charge < -0.3 is 14.5 Å². The van der Waals surface area contributed by atoms with Crippen molar-refractivity contribution < 1.29 is 13.9 Å². The number of aryl methyl sites for hydroxylation is 1. The number of hydrogen-bond donors (Lipinski definition) is 1. The topological polar surface area (TPSA) is 51.5 Å². The number of hydrogen-bond acceptors (Lipinski definition) is 4. The van der Waals surface area contributed by atoms with Crippen LogP contribution in [0, 0.1) is 22.7 Å². The smallest absolute Gasteiger partial charge is 0.311 e. The van der Waals surface area contributed by atoms with Crippen LogP contribution in [0.15, 0.2) is 59.2 Å². The molecule has 0 saturated heterocycles. The highest BCUT2D eigenvalue weighted by Crippen LogP contribution is 2.62. The molecule has 0 radical (unpaired) electrons.